The average molecular weight is 452 g/mol. The Kier molecular flexibility index (Phi) is 5.65. The molecule has 2 N–H and O–H groups in total. The molecule has 5 rings (SSSR count). The van der Waals surface area contributed by atoms with Gasteiger partial charge >= 0.3 is 6.03 Å². The van der Waals surface area contributed by atoms with E-state index in [-0.39, 0.29) is 12.5 Å². The van der Waals surface area contributed by atoms with Crippen LogP contribution in [0.2, 0.25) is 0 Å². The molecule has 12 nitrogen and oxygen atoms in total. The second-order valence-corrected chi connectivity index (χ2v) is 7.83. The minimum Gasteiger partial charge on any atom is -0.486 e. The molecule has 1 fully saturated rings. The van der Waals surface area contributed by atoms with Gasteiger partial charge in [-0.15, -0.1) is 0 Å². The molecule has 1 saturated heterocycles. The summed E-state index contributed by atoms with van der Waals surface area (Å²) in [6.45, 7) is 3.84. The largest absolute Gasteiger partial charge is 0.486 e. The first kappa shape index (κ1) is 20.9. The summed E-state index contributed by atoms with van der Waals surface area (Å²) >= 11 is 0. The van der Waals surface area contributed by atoms with Gasteiger partial charge in [0, 0.05) is 45.0 Å². The van der Waals surface area contributed by atoms with Crippen molar-refractivity contribution in [3.63, 3.8) is 0 Å². The number of nitrogens with one attached hydrogen (secondary N) is 2. The molecule has 0 unspecified atom stereocenters. The van der Waals surface area contributed by atoms with Crippen molar-refractivity contribution < 1.29 is 19.1 Å². The van der Waals surface area contributed by atoms with Crippen LogP contribution in [-0.2, 0) is 11.8 Å². The Hall–Kier alpha value is -3.93. The third-order valence-electron chi connectivity index (χ3n) is 5.60. The molecule has 2 aromatic heterocycles. The van der Waals surface area contributed by atoms with Crippen LogP contribution in [0.1, 0.15) is 0 Å². The van der Waals surface area contributed by atoms with Crippen molar-refractivity contribution in [3.05, 3.63) is 30.7 Å². The van der Waals surface area contributed by atoms with Gasteiger partial charge in [-0.25, -0.2) is 14.8 Å². The molecule has 4 heterocycles. The number of carbonyl (C=O) groups excluding carboxylic acids is 2. The van der Waals surface area contributed by atoms with Crippen LogP contribution in [0.25, 0.3) is 11.0 Å². The summed E-state index contributed by atoms with van der Waals surface area (Å²) in [5, 5.41) is 10.2. The van der Waals surface area contributed by atoms with E-state index in [0.717, 1.165) is 16.9 Å². The molecule has 0 saturated carbocycles. The third-order valence-corrected chi connectivity index (χ3v) is 5.60. The quantitative estimate of drug-likeness (QED) is 0.585. The lowest BCUT2D eigenvalue weighted by atomic mass is 10.2. The number of fused-ring (bicyclic) bond motifs is 2. The Morgan fingerprint density at radius 1 is 1.06 bits per heavy atom. The van der Waals surface area contributed by atoms with Gasteiger partial charge in [0.25, 0.3) is 0 Å². The lowest BCUT2D eigenvalue weighted by Gasteiger charge is -2.35. The molecular weight excluding hydrogens is 428 g/mol. The molecule has 33 heavy (non-hydrogen) atoms. The number of aromatic nitrogens is 4. The van der Waals surface area contributed by atoms with Gasteiger partial charge in [-0.1, -0.05) is 0 Å². The van der Waals surface area contributed by atoms with Crippen molar-refractivity contribution in [1.29, 1.82) is 0 Å². The van der Waals surface area contributed by atoms with E-state index < -0.39 is 6.03 Å². The minimum atomic E-state index is -0.588. The first-order chi connectivity index (χ1) is 16.1. The third kappa shape index (κ3) is 4.51. The topological polar surface area (TPSA) is 127 Å². The Morgan fingerprint density at radius 3 is 2.67 bits per heavy atom. The van der Waals surface area contributed by atoms with Crippen LogP contribution in [0, 0.1) is 0 Å². The number of aryl methyl sites for hydroxylation is 1. The fourth-order valence-electron chi connectivity index (χ4n) is 3.97. The van der Waals surface area contributed by atoms with Gasteiger partial charge in [-0.2, -0.15) is 5.10 Å². The number of nitrogens with zero attached hydrogens (tertiary/aromatic N) is 6. The van der Waals surface area contributed by atoms with Gasteiger partial charge < -0.3 is 19.7 Å². The molecule has 0 spiro atoms. The SMILES string of the molecule is Cn1ncc2c(N3CCN(CC(=O)NC(=O)Nc4ccc5c(c4)OCCO5)CC3)ncnc21. The van der Waals surface area contributed by atoms with E-state index in [2.05, 4.69) is 30.6 Å². The van der Waals surface area contributed by atoms with E-state index in [1.165, 1.54) is 0 Å². The lowest BCUT2D eigenvalue weighted by molar-refractivity contribution is -0.121. The highest BCUT2D eigenvalue weighted by molar-refractivity contribution is 6.01. The molecule has 0 atom stereocenters. The summed E-state index contributed by atoms with van der Waals surface area (Å²) in [5.74, 6) is 1.68. The summed E-state index contributed by atoms with van der Waals surface area (Å²) in [6.07, 6.45) is 3.31. The van der Waals surface area contributed by atoms with Crippen LogP contribution < -0.4 is 25.0 Å². The number of carbonyl (C=O) groups is 2. The van der Waals surface area contributed by atoms with Crippen LogP contribution in [-0.4, -0.2) is 82.5 Å². The molecule has 3 amide bonds. The van der Waals surface area contributed by atoms with E-state index in [1.807, 2.05) is 11.9 Å². The van der Waals surface area contributed by atoms with Gasteiger partial charge in [-0.05, 0) is 12.1 Å². The maximum absolute atomic E-state index is 12.4. The van der Waals surface area contributed by atoms with E-state index in [9.17, 15) is 9.59 Å². The molecule has 1 aromatic carbocycles. The van der Waals surface area contributed by atoms with Crippen molar-refractivity contribution in [1.82, 2.24) is 30.0 Å². The summed E-state index contributed by atoms with van der Waals surface area (Å²) in [4.78, 5) is 37.5. The average Bonchev–Trinajstić information content (AvgIpc) is 3.20. The molecule has 0 radical (unpaired) electrons. The van der Waals surface area contributed by atoms with Crippen molar-refractivity contribution in [3.8, 4) is 11.5 Å². The smallest absolute Gasteiger partial charge is 0.325 e. The standard InChI is InChI=1S/C21H24N8O4/c1-27-19-15(11-24-27)20(23-13-22-19)29-6-4-28(5-7-29)12-18(30)26-21(31)25-14-2-3-16-17(10-14)33-9-8-32-16/h2-3,10-11,13H,4-9,12H2,1H3,(H2,25,26,30,31). The molecular formula is C21H24N8O4. The monoisotopic (exact) mass is 452 g/mol. The van der Waals surface area contributed by atoms with Gasteiger partial charge in [-0.3, -0.25) is 19.7 Å². The summed E-state index contributed by atoms with van der Waals surface area (Å²) in [5.41, 5.74) is 1.30. The number of imide groups is 1. The molecule has 2 aliphatic heterocycles. The maximum Gasteiger partial charge on any atom is 0.325 e. The van der Waals surface area contributed by atoms with Gasteiger partial charge in [0.1, 0.15) is 25.4 Å². The number of ether oxygens (including phenoxy) is 2. The first-order valence-electron chi connectivity index (χ1n) is 10.7. The Labute approximate surface area is 189 Å². The van der Waals surface area contributed by atoms with Crippen LogP contribution in [0.3, 0.4) is 0 Å². The van der Waals surface area contributed by atoms with Crippen LogP contribution in [0.15, 0.2) is 30.7 Å². The number of urea groups is 1. The number of amides is 3. The molecule has 0 aliphatic carbocycles. The Bertz CT molecular complexity index is 1190. The summed E-state index contributed by atoms with van der Waals surface area (Å²) in [7, 11) is 1.85. The predicted octanol–water partition coefficient (Wildman–Crippen LogP) is 0.605. The highest BCUT2D eigenvalue weighted by Gasteiger charge is 2.23. The zero-order valence-corrected chi connectivity index (χ0v) is 18.2. The predicted molar refractivity (Wildman–Crippen MR) is 120 cm³/mol. The van der Waals surface area contributed by atoms with Crippen molar-refractivity contribution in [2.24, 2.45) is 7.05 Å². The van der Waals surface area contributed by atoms with Crippen LogP contribution >= 0.6 is 0 Å². The molecule has 3 aromatic rings. The lowest BCUT2D eigenvalue weighted by Crippen LogP contribution is -2.50. The van der Waals surface area contributed by atoms with E-state index in [0.29, 0.717) is 56.6 Å². The summed E-state index contributed by atoms with van der Waals surface area (Å²) in [6, 6.07) is 4.51. The van der Waals surface area contributed by atoms with Gasteiger partial charge in [0.15, 0.2) is 17.1 Å². The van der Waals surface area contributed by atoms with Crippen molar-refractivity contribution in [2.75, 3.05) is 56.2 Å². The zero-order valence-electron chi connectivity index (χ0n) is 18.2. The van der Waals surface area contributed by atoms with Gasteiger partial charge in [0.2, 0.25) is 5.91 Å². The number of benzene rings is 1. The van der Waals surface area contributed by atoms with Crippen LogP contribution in [0.4, 0.5) is 16.3 Å². The maximum atomic E-state index is 12.4. The number of rotatable bonds is 4. The Morgan fingerprint density at radius 2 is 1.85 bits per heavy atom. The summed E-state index contributed by atoms with van der Waals surface area (Å²) < 4.78 is 12.7. The number of anilines is 2. The molecule has 0 bridgehead atoms. The first-order valence-corrected chi connectivity index (χ1v) is 10.7. The van der Waals surface area contributed by atoms with E-state index in [4.69, 9.17) is 9.47 Å². The zero-order chi connectivity index (χ0) is 22.8. The normalized spacial score (nSPS) is 16.0. The second kappa shape index (κ2) is 8.90. The van der Waals surface area contributed by atoms with Crippen LogP contribution in [0.5, 0.6) is 11.5 Å². The fourth-order valence-corrected chi connectivity index (χ4v) is 3.97. The van der Waals surface area contributed by atoms with Gasteiger partial charge in [0.05, 0.1) is 18.1 Å². The number of hydrogen-bond donors (Lipinski definition) is 2. The Balaban J connectivity index is 1.11. The number of piperazine rings is 1. The molecule has 2 aliphatic rings. The highest BCUT2D eigenvalue weighted by Crippen LogP contribution is 2.32. The van der Waals surface area contributed by atoms with Crippen molar-refractivity contribution in [2.45, 2.75) is 0 Å². The number of hydrogen-bond acceptors (Lipinski definition) is 9. The second-order valence-electron chi connectivity index (χ2n) is 7.83. The minimum absolute atomic E-state index is 0.133. The highest BCUT2D eigenvalue weighted by atomic mass is 16.6. The molecule has 12 heteroatoms. The molecule has 172 valence electrons. The van der Waals surface area contributed by atoms with E-state index >= 15 is 0 Å². The van der Waals surface area contributed by atoms with E-state index in [1.54, 1.807) is 35.4 Å². The fraction of sp³-hybridized carbons (Fsp3) is 0.381. The van der Waals surface area contributed by atoms with Crippen molar-refractivity contribution >= 4 is 34.5 Å².